The number of hydrogen-bond donors (Lipinski definition) is 0. The first-order valence-electron chi connectivity index (χ1n) is 5.11. The third kappa shape index (κ3) is 2.13. The van der Waals surface area contributed by atoms with E-state index in [-0.39, 0.29) is 0 Å². The van der Waals surface area contributed by atoms with Crippen LogP contribution in [0.4, 0.5) is 0 Å². The third-order valence-corrected chi connectivity index (χ3v) is 2.57. The second kappa shape index (κ2) is 4.27. The van der Waals surface area contributed by atoms with E-state index >= 15 is 0 Å². The fraction of sp³-hybridized carbons (Fsp3) is 0.417. The molecule has 1 aliphatic carbocycles. The molecular weight excluding hydrogens is 176 g/mol. The predicted molar refractivity (Wildman–Crippen MR) is 54.0 cm³/mol. The van der Waals surface area contributed by atoms with Crippen LogP contribution in [0.2, 0.25) is 0 Å². The minimum absolute atomic E-state index is 0.337. The van der Waals surface area contributed by atoms with Gasteiger partial charge < -0.3 is 4.42 Å². The zero-order valence-corrected chi connectivity index (χ0v) is 8.16. The van der Waals surface area contributed by atoms with E-state index in [2.05, 4.69) is 6.08 Å². The summed E-state index contributed by atoms with van der Waals surface area (Å²) in [4.78, 5) is 11.3. The van der Waals surface area contributed by atoms with Gasteiger partial charge in [0.1, 0.15) is 5.76 Å². The second-order valence-electron chi connectivity index (χ2n) is 3.62. The highest BCUT2D eigenvalue weighted by atomic mass is 16.3. The van der Waals surface area contributed by atoms with Crippen molar-refractivity contribution in [3.05, 3.63) is 35.8 Å². The quantitative estimate of drug-likeness (QED) is 0.730. The van der Waals surface area contributed by atoms with Gasteiger partial charge in [0, 0.05) is 12.8 Å². The maximum absolute atomic E-state index is 11.3. The second-order valence-corrected chi connectivity index (χ2v) is 3.62. The average Bonchev–Trinajstić information content (AvgIpc) is 2.78. The topological polar surface area (TPSA) is 30.2 Å². The molecule has 2 nitrogen and oxygen atoms in total. The molecule has 1 aromatic heterocycles. The third-order valence-electron chi connectivity index (χ3n) is 2.57. The van der Waals surface area contributed by atoms with Crippen LogP contribution in [0.3, 0.4) is 0 Å². The van der Waals surface area contributed by atoms with Crippen molar-refractivity contribution in [2.24, 2.45) is 0 Å². The van der Waals surface area contributed by atoms with Crippen LogP contribution in [-0.2, 0) is 11.2 Å². The van der Waals surface area contributed by atoms with E-state index in [1.807, 2.05) is 12.1 Å². The van der Waals surface area contributed by atoms with Gasteiger partial charge >= 0.3 is 0 Å². The summed E-state index contributed by atoms with van der Waals surface area (Å²) in [6.07, 6.45) is 8.26. The number of Topliss-reactive ketones (excluding diaryl/α,β-unsaturated/α-hetero) is 1. The number of hydrogen-bond acceptors (Lipinski definition) is 2. The fourth-order valence-electron chi connectivity index (χ4n) is 1.80. The van der Waals surface area contributed by atoms with Crippen LogP contribution in [0.15, 0.2) is 34.5 Å². The molecule has 0 saturated carbocycles. The number of furan rings is 1. The van der Waals surface area contributed by atoms with Crippen molar-refractivity contribution in [1.82, 2.24) is 0 Å². The monoisotopic (exact) mass is 190 g/mol. The van der Waals surface area contributed by atoms with Crippen LogP contribution in [0, 0.1) is 0 Å². The lowest BCUT2D eigenvalue weighted by molar-refractivity contribution is -0.115. The summed E-state index contributed by atoms with van der Waals surface area (Å²) in [6.45, 7) is 0. The Bertz CT molecular complexity index is 333. The van der Waals surface area contributed by atoms with E-state index in [1.54, 1.807) is 6.26 Å². The Morgan fingerprint density at radius 3 is 2.93 bits per heavy atom. The molecule has 1 aliphatic rings. The highest BCUT2D eigenvalue weighted by Crippen LogP contribution is 2.19. The Morgan fingerprint density at radius 1 is 1.36 bits per heavy atom. The molecule has 0 radical (unpaired) electrons. The van der Waals surface area contributed by atoms with Crippen molar-refractivity contribution in [1.29, 1.82) is 0 Å². The molecule has 1 heterocycles. The van der Waals surface area contributed by atoms with Gasteiger partial charge in [0.15, 0.2) is 5.78 Å². The van der Waals surface area contributed by atoms with Crippen LogP contribution in [0.1, 0.15) is 31.4 Å². The first kappa shape index (κ1) is 9.25. The number of carbonyl (C=O) groups excluding carboxylic acids is 1. The van der Waals surface area contributed by atoms with E-state index in [4.69, 9.17) is 4.42 Å². The molecule has 2 heteroatoms. The van der Waals surface area contributed by atoms with Gasteiger partial charge in [-0.05, 0) is 37.0 Å². The molecule has 14 heavy (non-hydrogen) atoms. The van der Waals surface area contributed by atoms with Gasteiger partial charge in [-0.25, -0.2) is 0 Å². The van der Waals surface area contributed by atoms with Crippen molar-refractivity contribution in [3.8, 4) is 0 Å². The Morgan fingerprint density at radius 2 is 2.29 bits per heavy atom. The van der Waals surface area contributed by atoms with Gasteiger partial charge in [-0.3, -0.25) is 4.79 Å². The Labute approximate surface area is 83.6 Å². The molecular formula is C12H14O2. The van der Waals surface area contributed by atoms with E-state index in [1.165, 1.54) is 0 Å². The van der Waals surface area contributed by atoms with Gasteiger partial charge in [0.05, 0.1) is 6.26 Å². The number of rotatable bonds is 4. The van der Waals surface area contributed by atoms with Crippen molar-refractivity contribution >= 4 is 5.78 Å². The molecule has 0 amide bonds. The maximum atomic E-state index is 11.3. The minimum Gasteiger partial charge on any atom is -0.469 e. The van der Waals surface area contributed by atoms with Gasteiger partial charge in [0.2, 0.25) is 0 Å². The molecule has 0 atom stereocenters. The standard InChI is InChI=1S/C12H14O2/c13-12-8-2-5-10(12)4-1-6-11-7-3-9-14-11/h3,5,7,9H,1-2,4,6,8H2. The zero-order valence-electron chi connectivity index (χ0n) is 8.16. The molecule has 0 fully saturated rings. The normalized spacial score (nSPS) is 16.0. The highest BCUT2D eigenvalue weighted by Gasteiger charge is 2.13. The minimum atomic E-state index is 0.337. The lowest BCUT2D eigenvalue weighted by atomic mass is 10.1. The molecule has 0 aromatic carbocycles. The van der Waals surface area contributed by atoms with Gasteiger partial charge in [0.25, 0.3) is 0 Å². The molecule has 74 valence electrons. The average molecular weight is 190 g/mol. The number of ketones is 1. The summed E-state index contributed by atoms with van der Waals surface area (Å²) in [5.74, 6) is 1.35. The summed E-state index contributed by atoms with van der Waals surface area (Å²) in [5.41, 5.74) is 1.02. The molecule has 0 spiro atoms. The van der Waals surface area contributed by atoms with Crippen molar-refractivity contribution < 1.29 is 9.21 Å². The van der Waals surface area contributed by atoms with Crippen molar-refractivity contribution in [2.45, 2.75) is 32.1 Å². The first-order valence-corrected chi connectivity index (χ1v) is 5.11. The lowest BCUT2D eigenvalue weighted by Gasteiger charge is -1.98. The van der Waals surface area contributed by atoms with Crippen LogP contribution < -0.4 is 0 Å². The Kier molecular flexibility index (Phi) is 2.82. The zero-order chi connectivity index (χ0) is 9.80. The fourth-order valence-corrected chi connectivity index (χ4v) is 1.80. The van der Waals surface area contributed by atoms with E-state index in [0.29, 0.717) is 5.78 Å². The predicted octanol–water partition coefficient (Wildman–Crippen LogP) is 2.89. The highest BCUT2D eigenvalue weighted by molar-refractivity contribution is 5.97. The number of allylic oxidation sites excluding steroid dienone is 2. The van der Waals surface area contributed by atoms with E-state index in [0.717, 1.165) is 43.4 Å². The largest absolute Gasteiger partial charge is 0.469 e. The molecule has 0 bridgehead atoms. The van der Waals surface area contributed by atoms with Gasteiger partial charge in [-0.15, -0.1) is 0 Å². The van der Waals surface area contributed by atoms with E-state index < -0.39 is 0 Å². The molecule has 0 aliphatic heterocycles. The summed E-state index contributed by atoms with van der Waals surface area (Å²) >= 11 is 0. The Balaban J connectivity index is 1.76. The molecule has 1 aromatic rings. The van der Waals surface area contributed by atoms with Crippen molar-refractivity contribution in [2.75, 3.05) is 0 Å². The molecule has 0 N–H and O–H groups in total. The van der Waals surface area contributed by atoms with Crippen LogP contribution in [-0.4, -0.2) is 5.78 Å². The van der Waals surface area contributed by atoms with Crippen LogP contribution in [0.25, 0.3) is 0 Å². The smallest absolute Gasteiger partial charge is 0.158 e. The van der Waals surface area contributed by atoms with Gasteiger partial charge in [-0.2, -0.15) is 0 Å². The van der Waals surface area contributed by atoms with Crippen LogP contribution in [0.5, 0.6) is 0 Å². The molecule has 2 rings (SSSR count). The van der Waals surface area contributed by atoms with Crippen LogP contribution >= 0.6 is 0 Å². The van der Waals surface area contributed by atoms with Gasteiger partial charge in [-0.1, -0.05) is 6.08 Å². The summed E-state index contributed by atoms with van der Waals surface area (Å²) in [5, 5.41) is 0. The molecule has 0 saturated heterocycles. The number of aryl methyl sites for hydroxylation is 1. The van der Waals surface area contributed by atoms with E-state index in [9.17, 15) is 4.79 Å². The summed E-state index contributed by atoms with van der Waals surface area (Å²) < 4.78 is 5.22. The SMILES string of the molecule is O=C1CCC=C1CCCc1ccco1. The maximum Gasteiger partial charge on any atom is 0.158 e. The summed E-state index contributed by atoms with van der Waals surface area (Å²) in [6, 6.07) is 3.88. The Hall–Kier alpha value is -1.31. The van der Waals surface area contributed by atoms with Crippen molar-refractivity contribution in [3.63, 3.8) is 0 Å². The summed E-state index contributed by atoms with van der Waals surface area (Å²) in [7, 11) is 0. The first-order chi connectivity index (χ1) is 6.86. The lowest BCUT2D eigenvalue weighted by Crippen LogP contribution is -1.96. The number of carbonyl (C=O) groups is 1. The molecule has 0 unspecified atom stereocenters.